The number of rotatable bonds is 0. The molecule has 0 aromatic heterocycles. The summed E-state index contributed by atoms with van der Waals surface area (Å²) in [6.45, 7) is 2.14. The van der Waals surface area contributed by atoms with E-state index in [1.54, 1.807) is 0 Å². The van der Waals surface area contributed by atoms with E-state index in [1.165, 1.54) is 5.75 Å². The predicted octanol–water partition coefficient (Wildman–Crippen LogP) is 1.07. The number of thioether (sulfide) groups is 2. The van der Waals surface area contributed by atoms with Gasteiger partial charge < -0.3 is 5.32 Å². The Kier molecular flexibility index (Phi) is 1.84. The molecule has 2 saturated heterocycles. The summed E-state index contributed by atoms with van der Waals surface area (Å²) in [7, 11) is 0. The van der Waals surface area contributed by atoms with Gasteiger partial charge >= 0.3 is 0 Å². The Balaban J connectivity index is 2.17. The largest absolute Gasteiger partial charge is 0.341 e. The third-order valence-corrected chi connectivity index (χ3v) is 5.46. The fourth-order valence-electron chi connectivity index (χ4n) is 1.56. The van der Waals surface area contributed by atoms with E-state index < -0.39 is 0 Å². The first-order valence-electron chi connectivity index (χ1n) is 3.77. The highest BCUT2D eigenvalue weighted by atomic mass is 32.2. The summed E-state index contributed by atoms with van der Waals surface area (Å²) in [4.78, 5) is 11.1. The number of amides is 1. The molecule has 11 heavy (non-hydrogen) atoms. The summed E-state index contributed by atoms with van der Waals surface area (Å²) in [5, 5.41) is 3.54. The van der Waals surface area contributed by atoms with Gasteiger partial charge in [-0.05, 0) is 6.92 Å². The quantitative estimate of drug-likeness (QED) is 0.618. The van der Waals surface area contributed by atoms with Crippen molar-refractivity contribution in [3.05, 3.63) is 0 Å². The Morgan fingerprint density at radius 2 is 2.45 bits per heavy atom. The van der Waals surface area contributed by atoms with E-state index in [4.69, 9.17) is 0 Å². The average molecular weight is 189 g/mol. The molecule has 2 unspecified atom stereocenters. The third kappa shape index (κ3) is 1.26. The van der Waals surface area contributed by atoms with Crippen molar-refractivity contribution in [1.29, 1.82) is 0 Å². The summed E-state index contributed by atoms with van der Waals surface area (Å²) in [6, 6.07) is 0. The topological polar surface area (TPSA) is 29.1 Å². The molecule has 0 bridgehead atoms. The zero-order valence-electron chi connectivity index (χ0n) is 6.42. The molecule has 0 aromatic carbocycles. The number of carbonyl (C=O) groups excluding carboxylic acids is 1. The van der Waals surface area contributed by atoms with Crippen molar-refractivity contribution in [2.24, 2.45) is 0 Å². The minimum atomic E-state index is 0.0417. The van der Waals surface area contributed by atoms with Crippen molar-refractivity contribution in [3.8, 4) is 0 Å². The molecule has 0 radical (unpaired) electrons. The minimum Gasteiger partial charge on any atom is -0.341 e. The minimum absolute atomic E-state index is 0.0417. The first-order chi connectivity index (χ1) is 5.21. The van der Waals surface area contributed by atoms with Gasteiger partial charge in [0, 0.05) is 23.2 Å². The van der Waals surface area contributed by atoms with Crippen LogP contribution in [0, 0.1) is 0 Å². The van der Waals surface area contributed by atoms with Gasteiger partial charge in [0.1, 0.15) is 0 Å². The van der Waals surface area contributed by atoms with Crippen molar-refractivity contribution in [1.82, 2.24) is 5.32 Å². The first-order valence-corrected chi connectivity index (χ1v) is 5.81. The molecule has 0 aliphatic carbocycles. The van der Waals surface area contributed by atoms with Crippen molar-refractivity contribution < 1.29 is 4.79 Å². The van der Waals surface area contributed by atoms with Crippen LogP contribution in [0.1, 0.15) is 13.3 Å². The van der Waals surface area contributed by atoms with Gasteiger partial charge in [-0.2, -0.15) is 11.8 Å². The molecule has 2 aliphatic heterocycles. The van der Waals surface area contributed by atoms with Crippen LogP contribution in [0.2, 0.25) is 0 Å². The summed E-state index contributed by atoms with van der Waals surface area (Å²) < 4.78 is 0. The second-order valence-corrected chi connectivity index (χ2v) is 5.92. The maximum absolute atomic E-state index is 11.1. The molecular formula is C7H11NOS2. The lowest BCUT2D eigenvalue weighted by atomic mass is 10.2. The van der Waals surface area contributed by atoms with Crippen LogP contribution in [-0.2, 0) is 4.79 Å². The van der Waals surface area contributed by atoms with Gasteiger partial charge in [0.25, 0.3) is 0 Å². The fraction of sp³-hybridized carbons (Fsp3) is 0.857. The molecule has 1 N–H and O–H groups in total. The van der Waals surface area contributed by atoms with Gasteiger partial charge in [-0.15, -0.1) is 11.8 Å². The molecule has 0 aromatic rings. The maximum Gasteiger partial charge on any atom is 0.222 e. The molecular weight excluding hydrogens is 178 g/mol. The lowest BCUT2D eigenvalue weighted by molar-refractivity contribution is -0.119. The summed E-state index contributed by atoms with van der Waals surface area (Å²) in [6.07, 6.45) is 0.716. The Labute approximate surface area is 74.9 Å². The molecule has 2 heterocycles. The zero-order valence-corrected chi connectivity index (χ0v) is 8.06. The third-order valence-electron chi connectivity index (χ3n) is 2.18. The molecule has 2 aliphatic rings. The molecule has 2 atom stereocenters. The lowest BCUT2D eigenvalue weighted by Crippen LogP contribution is -2.43. The summed E-state index contributed by atoms with van der Waals surface area (Å²) in [5.74, 6) is 2.58. The Bertz CT molecular complexity index is 197. The number of hydrogen-bond acceptors (Lipinski definition) is 3. The van der Waals surface area contributed by atoms with Gasteiger partial charge in [0.05, 0.1) is 4.87 Å². The van der Waals surface area contributed by atoms with Gasteiger partial charge in [-0.3, -0.25) is 4.79 Å². The smallest absolute Gasteiger partial charge is 0.222 e. The Morgan fingerprint density at radius 1 is 1.64 bits per heavy atom. The highest BCUT2D eigenvalue weighted by Gasteiger charge is 2.45. The monoisotopic (exact) mass is 189 g/mol. The number of nitrogens with one attached hydrogen (secondary N) is 1. The van der Waals surface area contributed by atoms with E-state index in [2.05, 4.69) is 12.2 Å². The number of carbonyl (C=O) groups is 1. The van der Waals surface area contributed by atoms with Crippen molar-refractivity contribution >= 4 is 29.4 Å². The SMILES string of the molecule is CC12NC(=O)CC1SCCS2. The van der Waals surface area contributed by atoms with Crippen LogP contribution in [0.15, 0.2) is 0 Å². The molecule has 0 spiro atoms. The fourth-order valence-corrected chi connectivity index (χ4v) is 4.50. The van der Waals surface area contributed by atoms with Crippen molar-refractivity contribution in [2.75, 3.05) is 11.5 Å². The van der Waals surface area contributed by atoms with Crippen LogP contribution in [0.5, 0.6) is 0 Å². The van der Waals surface area contributed by atoms with Gasteiger partial charge in [-0.1, -0.05) is 0 Å². The Morgan fingerprint density at radius 3 is 3.18 bits per heavy atom. The van der Waals surface area contributed by atoms with Crippen LogP contribution < -0.4 is 5.32 Å². The predicted molar refractivity (Wildman–Crippen MR) is 49.9 cm³/mol. The maximum atomic E-state index is 11.1. The molecule has 2 fully saturated rings. The van der Waals surface area contributed by atoms with Crippen LogP contribution in [0.4, 0.5) is 0 Å². The van der Waals surface area contributed by atoms with Crippen molar-refractivity contribution in [3.63, 3.8) is 0 Å². The Hall–Kier alpha value is 0.170. The first kappa shape index (κ1) is 7.80. The molecule has 0 saturated carbocycles. The molecule has 62 valence electrons. The van der Waals surface area contributed by atoms with E-state index in [0.717, 1.165) is 5.75 Å². The average Bonchev–Trinajstić information content (AvgIpc) is 2.22. The van der Waals surface area contributed by atoms with E-state index in [1.807, 2.05) is 23.5 Å². The molecule has 1 amide bonds. The second-order valence-electron chi connectivity index (χ2n) is 3.07. The van der Waals surface area contributed by atoms with E-state index in [9.17, 15) is 4.79 Å². The van der Waals surface area contributed by atoms with Gasteiger partial charge in [0.15, 0.2) is 0 Å². The van der Waals surface area contributed by atoms with Crippen LogP contribution in [-0.4, -0.2) is 27.5 Å². The number of hydrogen-bond donors (Lipinski definition) is 1. The van der Waals surface area contributed by atoms with Gasteiger partial charge in [-0.25, -0.2) is 0 Å². The lowest BCUT2D eigenvalue weighted by Gasteiger charge is -2.33. The number of fused-ring (bicyclic) bond motifs is 1. The van der Waals surface area contributed by atoms with Crippen LogP contribution in [0.25, 0.3) is 0 Å². The van der Waals surface area contributed by atoms with Gasteiger partial charge in [0.2, 0.25) is 5.91 Å². The van der Waals surface area contributed by atoms with E-state index in [-0.39, 0.29) is 10.8 Å². The van der Waals surface area contributed by atoms with Crippen molar-refractivity contribution in [2.45, 2.75) is 23.5 Å². The summed E-state index contributed by atoms with van der Waals surface area (Å²) >= 11 is 3.82. The molecule has 2 rings (SSSR count). The molecule has 2 nitrogen and oxygen atoms in total. The van der Waals surface area contributed by atoms with E-state index in [0.29, 0.717) is 11.7 Å². The highest BCUT2D eigenvalue weighted by Crippen LogP contribution is 2.43. The second kappa shape index (κ2) is 2.59. The summed E-state index contributed by atoms with van der Waals surface area (Å²) in [5.41, 5.74) is 0. The zero-order chi connectivity index (χ0) is 7.90. The highest BCUT2D eigenvalue weighted by molar-refractivity contribution is 8.07. The molecule has 4 heteroatoms. The normalized spacial score (nSPS) is 43.4. The van der Waals surface area contributed by atoms with E-state index >= 15 is 0 Å². The van der Waals surface area contributed by atoms with Crippen LogP contribution in [0.3, 0.4) is 0 Å². The van der Waals surface area contributed by atoms with Crippen LogP contribution >= 0.6 is 23.5 Å². The standard InChI is InChI=1S/C7H11NOS2/c1-7-5(4-6(9)8-7)10-2-3-11-7/h5H,2-4H2,1H3,(H,8,9).